The minimum Gasteiger partial charge on any atom is -0.447 e. The lowest BCUT2D eigenvalue weighted by Gasteiger charge is -2.16. The lowest BCUT2D eigenvalue weighted by atomic mass is 10.1. The number of amides is 1. The third kappa shape index (κ3) is 2.62. The molecule has 106 valence electrons. The van der Waals surface area contributed by atoms with Crippen LogP contribution in [-0.2, 0) is 4.74 Å². The van der Waals surface area contributed by atoms with Crippen molar-refractivity contribution in [1.29, 1.82) is 0 Å². The van der Waals surface area contributed by atoms with Gasteiger partial charge < -0.3 is 4.74 Å². The van der Waals surface area contributed by atoms with Crippen molar-refractivity contribution in [2.45, 2.75) is 20.8 Å². The standard InChI is InChI=1S/C13H16N4O3/c1-4-20-13(18)17(19)16-12-10-6-5-8(2)9(3)11(10)14-7-15-12/h5-7,19H,4H2,1-3H3,(H,14,15,16). The predicted molar refractivity (Wildman–Crippen MR) is 73.3 cm³/mol. The molecule has 0 saturated heterocycles. The summed E-state index contributed by atoms with van der Waals surface area (Å²) in [5.41, 5.74) is 5.37. The Bertz CT molecular complexity index is 645. The molecule has 0 saturated carbocycles. The minimum atomic E-state index is -0.900. The van der Waals surface area contributed by atoms with E-state index in [1.165, 1.54) is 6.33 Å². The fourth-order valence-corrected chi connectivity index (χ4v) is 1.79. The first-order valence-corrected chi connectivity index (χ1v) is 6.18. The van der Waals surface area contributed by atoms with Crippen LogP contribution in [-0.4, -0.2) is 33.0 Å². The van der Waals surface area contributed by atoms with E-state index in [0.29, 0.717) is 11.2 Å². The maximum Gasteiger partial charge on any atom is 0.453 e. The Hall–Kier alpha value is -2.41. The summed E-state index contributed by atoms with van der Waals surface area (Å²) in [6.07, 6.45) is 0.471. The summed E-state index contributed by atoms with van der Waals surface area (Å²) in [6.45, 7) is 5.76. The van der Waals surface area contributed by atoms with Gasteiger partial charge in [-0.3, -0.25) is 10.6 Å². The van der Waals surface area contributed by atoms with Crippen molar-refractivity contribution in [2.24, 2.45) is 0 Å². The summed E-state index contributed by atoms with van der Waals surface area (Å²) >= 11 is 0. The highest BCUT2D eigenvalue weighted by Crippen LogP contribution is 2.24. The van der Waals surface area contributed by atoms with Gasteiger partial charge in [-0.2, -0.15) is 0 Å². The van der Waals surface area contributed by atoms with Crippen LogP contribution in [0.25, 0.3) is 10.9 Å². The first kappa shape index (κ1) is 14.0. The van der Waals surface area contributed by atoms with Crippen LogP contribution in [0.1, 0.15) is 18.1 Å². The van der Waals surface area contributed by atoms with Crippen molar-refractivity contribution >= 4 is 22.8 Å². The molecule has 0 aliphatic carbocycles. The first-order valence-electron chi connectivity index (χ1n) is 6.18. The third-order valence-corrected chi connectivity index (χ3v) is 2.98. The highest BCUT2D eigenvalue weighted by atomic mass is 16.6. The monoisotopic (exact) mass is 276 g/mol. The molecule has 1 amide bonds. The second-order valence-corrected chi connectivity index (χ2v) is 4.25. The van der Waals surface area contributed by atoms with Gasteiger partial charge in [0.15, 0.2) is 5.82 Å². The lowest BCUT2D eigenvalue weighted by molar-refractivity contribution is -0.0528. The van der Waals surface area contributed by atoms with Crippen LogP contribution in [0, 0.1) is 13.8 Å². The maximum atomic E-state index is 11.4. The van der Waals surface area contributed by atoms with Crippen LogP contribution in [0.3, 0.4) is 0 Å². The Balaban J connectivity index is 2.36. The van der Waals surface area contributed by atoms with E-state index < -0.39 is 6.09 Å². The van der Waals surface area contributed by atoms with Gasteiger partial charge in [0.05, 0.1) is 12.1 Å². The summed E-state index contributed by atoms with van der Waals surface area (Å²) in [5.74, 6) is 0.327. The van der Waals surface area contributed by atoms with Crippen molar-refractivity contribution in [3.63, 3.8) is 0 Å². The van der Waals surface area contributed by atoms with E-state index in [1.54, 1.807) is 6.92 Å². The highest BCUT2D eigenvalue weighted by Gasteiger charge is 2.14. The van der Waals surface area contributed by atoms with E-state index >= 15 is 0 Å². The van der Waals surface area contributed by atoms with Crippen LogP contribution in [0.4, 0.5) is 10.6 Å². The third-order valence-electron chi connectivity index (χ3n) is 2.98. The van der Waals surface area contributed by atoms with Crippen molar-refractivity contribution in [2.75, 3.05) is 12.0 Å². The van der Waals surface area contributed by atoms with Crippen LogP contribution in [0.5, 0.6) is 0 Å². The molecule has 0 fully saturated rings. The molecule has 0 unspecified atom stereocenters. The van der Waals surface area contributed by atoms with Crippen LogP contribution in [0.2, 0.25) is 0 Å². The highest BCUT2D eigenvalue weighted by molar-refractivity contribution is 5.91. The van der Waals surface area contributed by atoms with Crippen molar-refractivity contribution < 1.29 is 14.7 Å². The van der Waals surface area contributed by atoms with Gasteiger partial charge in [0, 0.05) is 5.39 Å². The SMILES string of the molecule is CCOC(=O)N(O)Nc1ncnc2c(C)c(C)ccc12. The number of rotatable bonds is 3. The molecule has 0 bridgehead atoms. The number of aryl methyl sites for hydroxylation is 2. The number of hydrazine groups is 1. The predicted octanol–water partition coefficient (Wildman–Crippen LogP) is 2.42. The molecule has 7 heteroatoms. The Morgan fingerprint density at radius 2 is 2.15 bits per heavy atom. The molecule has 0 atom stereocenters. The number of nitrogens with zero attached hydrogens (tertiary/aromatic N) is 3. The normalized spacial score (nSPS) is 10.4. The van der Waals surface area contributed by atoms with Crippen molar-refractivity contribution in [3.8, 4) is 0 Å². The number of ether oxygens (including phenoxy) is 1. The molecule has 0 aliphatic heterocycles. The number of hydroxylamine groups is 1. The van der Waals surface area contributed by atoms with Gasteiger partial charge in [0.2, 0.25) is 0 Å². The van der Waals surface area contributed by atoms with Crippen LogP contribution < -0.4 is 5.43 Å². The second-order valence-electron chi connectivity index (χ2n) is 4.25. The maximum absolute atomic E-state index is 11.4. The summed E-state index contributed by atoms with van der Waals surface area (Å²) in [7, 11) is 0. The number of fused-ring (bicyclic) bond motifs is 1. The Labute approximate surface area is 116 Å². The Kier molecular flexibility index (Phi) is 3.99. The molecule has 7 nitrogen and oxygen atoms in total. The number of hydrogen-bond donors (Lipinski definition) is 2. The topological polar surface area (TPSA) is 87.6 Å². The summed E-state index contributed by atoms with van der Waals surface area (Å²) < 4.78 is 4.66. The Morgan fingerprint density at radius 3 is 2.85 bits per heavy atom. The molecule has 2 rings (SSSR count). The van der Waals surface area contributed by atoms with E-state index in [9.17, 15) is 10.0 Å². The first-order chi connectivity index (χ1) is 9.54. The van der Waals surface area contributed by atoms with E-state index in [4.69, 9.17) is 0 Å². The fourth-order valence-electron chi connectivity index (χ4n) is 1.79. The van der Waals surface area contributed by atoms with E-state index in [2.05, 4.69) is 20.1 Å². The molecule has 0 spiro atoms. The fraction of sp³-hybridized carbons (Fsp3) is 0.308. The van der Waals surface area contributed by atoms with Crippen LogP contribution in [0.15, 0.2) is 18.5 Å². The van der Waals surface area contributed by atoms with Gasteiger partial charge in [-0.15, -0.1) is 0 Å². The van der Waals surface area contributed by atoms with Gasteiger partial charge in [0.1, 0.15) is 6.33 Å². The number of hydrogen-bond acceptors (Lipinski definition) is 6. The van der Waals surface area contributed by atoms with Crippen LogP contribution >= 0.6 is 0 Å². The van der Waals surface area contributed by atoms with Gasteiger partial charge in [-0.05, 0) is 38.0 Å². The summed E-state index contributed by atoms with van der Waals surface area (Å²) in [6, 6.07) is 3.76. The van der Waals surface area contributed by atoms with Crippen molar-refractivity contribution in [3.05, 3.63) is 29.6 Å². The zero-order valence-corrected chi connectivity index (χ0v) is 11.5. The molecule has 0 aliphatic rings. The lowest BCUT2D eigenvalue weighted by Crippen LogP contribution is -2.34. The average Bonchev–Trinajstić information content (AvgIpc) is 2.43. The number of carbonyl (C=O) groups excluding carboxylic acids is 1. The smallest absolute Gasteiger partial charge is 0.447 e. The average molecular weight is 276 g/mol. The number of aromatic nitrogens is 2. The largest absolute Gasteiger partial charge is 0.453 e. The molecular weight excluding hydrogens is 260 g/mol. The quantitative estimate of drug-likeness (QED) is 0.661. The Morgan fingerprint density at radius 1 is 1.40 bits per heavy atom. The molecule has 20 heavy (non-hydrogen) atoms. The van der Waals surface area contributed by atoms with Gasteiger partial charge >= 0.3 is 6.09 Å². The number of carbonyl (C=O) groups is 1. The molecule has 1 aromatic heterocycles. The molecule has 1 heterocycles. The number of benzene rings is 1. The zero-order valence-electron chi connectivity index (χ0n) is 11.5. The van der Waals surface area contributed by atoms with Crippen molar-refractivity contribution in [1.82, 2.24) is 15.1 Å². The summed E-state index contributed by atoms with van der Waals surface area (Å²) in [4.78, 5) is 19.6. The van der Waals surface area contributed by atoms with E-state index in [0.717, 1.165) is 16.6 Å². The molecule has 2 N–H and O–H groups in total. The zero-order chi connectivity index (χ0) is 14.7. The molecule has 1 aromatic carbocycles. The molecular formula is C13H16N4O3. The molecule has 2 aromatic rings. The molecule has 0 radical (unpaired) electrons. The van der Waals surface area contributed by atoms with Gasteiger partial charge in [0.25, 0.3) is 0 Å². The van der Waals surface area contributed by atoms with E-state index in [-0.39, 0.29) is 11.8 Å². The number of nitrogens with one attached hydrogen (secondary N) is 1. The van der Waals surface area contributed by atoms with E-state index in [1.807, 2.05) is 26.0 Å². The minimum absolute atomic E-state index is 0.167. The van der Waals surface area contributed by atoms with Gasteiger partial charge in [-0.1, -0.05) is 11.2 Å². The number of anilines is 1. The second kappa shape index (κ2) is 5.70. The summed E-state index contributed by atoms with van der Waals surface area (Å²) in [5, 5.41) is 10.5. The van der Waals surface area contributed by atoms with Gasteiger partial charge in [-0.25, -0.2) is 14.8 Å².